The zero-order valence-electron chi connectivity index (χ0n) is 10.9. The van der Waals surface area contributed by atoms with E-state index < -0.39 is 5.97 Å². The molecular formula is C16H12O5. The van der Waals surface area contributed by atoms with E-state index in [0.29, 0.717) is 22.3 Å². The lowest BCUT2D eigenvalue weighted by molar-refractivity contribution is 0.0699. The van der Waals surface area contributed by atoms with Gasteiger partial charge in [0.25, 0.3) is 0 Å². The monoisotopic (exact) mass is 284 g/mol. The highest BCUT2D eigenvalue weighted by Crippen LogP contribution is 2.29. The number of carboxylic acid groups (broad SMARTS) is 1. The van der Waals surface area contributed by atoms with Crippen molar-refractivity contribution in [1.82, 2.24) is 0 Å². The second-order valence-electron chi connectivity index (χ2n) is 4.50. The SMILES string of the molecule is O=C(O)c1cccc2occ(COc3ccccc3O)c12. The van der Waals surface area contributed by atoms with E-state index >= 15 is 0 Å². The highest BCUT2D eigenvalue weighted by Gasteiger charge is 2.15. The number of carboxylic acids is 1. The van der Waals surface area contributed by atoms with E-state index in [1.807, 2.05) is 0 Å². The first-order valence-electron chi connectivity index (χ1n) is 6.30. The Kier molecular flexibility index (Phi) is 3.23. The predicted molar refractivity (Wildman–Crippen MR) is 75.6 cm³/mol. The van der Waals surface area contributed by atoms with Crippen molar-refractivity contribution in [2.45, 2.75) is 6.61 Å². The van der Waals surface area contributed by atoms with Crippen LogP contribution in [-0.2, 0) is 6.61 Å². The summed E-state index contributed by atoms with van der Waals surface area (Å²) in [6.07, 6.45) is 1.47. The van der Waals surface area contributed by atoms with Crippen LogP contribution in [0.25, 0.3) is 11.0 Å². The molecule has 106 valence electrons. The van der Waals surface area contributed by atoms with Gasteiger partial charge in [-0.3, -0.25) is 0 Å². The number of benzene rings is 2. The predicted octanol–water partition coefficient (Wildman–Crippen LogP) is 3.42. The van der Waals surface area contributed by atoms with Crippen LogP contribution in [-0.4, -0.2) is 16.2 Å². The minimum Gasteiger partial charge on any atom is -0.504 e. The molecule has 0 saturated carbocycles. The van der Waals surface area contributed by atoms with Crippen LogP contribution in [0.15, 0.2) is 53.1 Å². The maximum atomic E-state index is 11.3. The van der Waals surface area contributed by atoms with Gasteiger partial charge in [0, 0.05) is 10.9 Å². The van der Waals surface area contributed by atoms with Gasteiger partial charge in [-0.25, -0.2) is 4.79 Å². The van der Waals surface area contributed by atoms with Crippen molar-refractivity contribution in [3.05, 3.63) is 59.9 Å². The summed E-state index contributed by atoms with van der Waals surface area (Å²) in [5.41, 5.74) is 1.27. The Morgan fingerprint density at radius 2 is 1.95 bits per heavy atom. The highest BCUT2D eigenvalue weighted by atomic mass is 16.5. The van der Waals surface area contributed by atoms with Crippen molar-refractivity contribution in [2.24, 2.45) is 0 Å². The highest BCUT2D eigenvalue weighted by molar-refractivity contribution is 6.03. The Labute approximate surface area is 120 Å². The molecule has 0 atom stereocenters. The summed E-state index contributed by atoms with van der Waals surface area (Å²) in [4.78, 5) is 11.3. The third-order valence-corrected chi connectivity index (χ3v) is 3.15. The number of ether oxygens (including phenoxy) is 1. The number of para-hydroxylation sites is 2. The largest absolute Gasteiger partial charge is 0.504 e. The molecule has 0 spiro atoms. The van der Waals surface area contributed by atoms with Crippen molar-refractivity contribution in [3.63, 3.8) is 0 Å². The molecule has 0 bridgehead atoms. The van der Waals surface area contributed by atoms with Crippen molar-refractivity contribution >= 4 is 16.9 Å². The molecule has 0 unspecified atom stereocenters. The molecule has 21 heavy (non-hydrogen) atoms. The molecule has 5 nitrogen and oxygen atoms in total. The number of aromatic hydroxyl groups is 1. The molecule has 0 aliphatic heterocycles. The Balaban J connectivity index is 1.95. The average molecular weight is 284 g/mol. The molecule has 0 saturated heterocycles. The van der Waals surface area contributed by atoms with E-state index in [1.54, 1.807) is 30.3 Å². The first-order chi connectivity index (χ1) is 10.2. The second-order valence-corrected chi connectivity index (χ2v) is 4.50. The summed E-state index contributed by atoms with van der Waals surface area (Å²) < 4.78 is 10.9. The third kappa shape index (κ3) is 2.41. The number of phenols is 1. The molecule has 3 aromatic rings. The molecule has 3 rings (SSSR count). The van der Waals surface area contributed by atoms with Crippen LogP contribution in [0.5, 0.6) is 11.5 Å². The van der Waals surface area contributed by atoms with Gasteiger partial charge in [0.15, 0.2) is 11.5 Å². The zero-order valence-corrected chi connectivity index (χ0v) is 10.9. The molecule has 0 aliphatic carbocycles. The fraction of sp³-hybridized carbons (Fsp3) is 0.0625. The number of furan rings is 1. The molecule has 1 aromatic heterocycles. The Morgan fingerprint density at radius 1 is 1.14 bits per heavy atom. The molecular weight excluding hydrogens is 272 g/mol. The smallest absolute Gasteiger partial charge is 0.336 e. The lowest BCUT2D eigenvalue weighted by atomic mass is 10.1. The quantitative estimate of drug-likeness (QED) is 0.767. The number of aromatic carboxylic acids is 1. The normalized spacial score (nSPS) is 10.7. The van der Waals surface area contributed by atoms with Crippen molar-refractivity contribution in [2.75, 3.05) is 0 Å². The number of carbonyl (C=O) groups is 1. The summed E-state index contributed by atoms with van der Waals surface area (Å²) in [6.45, 7) is 0.106. The van der Waals surface area contributed by atoms with E-state index in [0.717, 1.165) is 0 Å². The van der Waals surface area contributed by atoms with Gasteiger partial charge in [-0.05, 0) is 24.3 Å². The first-order valence-corrected chi connectivity index (χ1v) is 6.30. The fourth-order valence-corrected chi connectivity index (χ4v) is 2.17. The topological polar surface area (TPSA) is 79.9 Å². The van der Waals surface area contributed by atoms with Gasteiger partial charge in [-0.2, -0.15) is 0 Å². The van der Waals surface area contributed by atoms with E-state index in [9.17, 15) is 15.0 Å². The van der Waals surface area contributed by atoms with E-state index in [4.69, 9.17) is 9.15 Å². The van der Waals surface area contributed by atoms with Crippen LogP contribution in [0.3, 0.4) is 0 Å². The molecule has 2 aromatic carbocycles. The van der Waals surface area contributed by atoms with Crippen LogP contribution in [0.1, 0.15) is 15.9 Å². The molecule has 0 aliphatic rings. The maximum Gasteiger partial charge on any atom is 0.336 e. The van der Waals surface area contributed by atoms with Gasteiger partial charge in [-0.1, -0.05) is 18.2 Å². The minimum atomic E-state index is -1.02. The van der Waals surface area contributed by atoms with Crippen molar-refractivity contribution in [3.8, 4) is 11.5 Å². The lowest BCUT2D eigenvalue weighted by Gasteiger charge is -2.07. The molecule has 0 radical (unpaired) electrons. The van der Waals surface area contributed by atoms with Crippen LogP contribution in [0, 0.1) is 0 Å². The number of hydrogen-bond acceptors (Lipinski definition) is 4. The van der Waals surface area contributed by atoms with Gasteiger partial charge in [0.05, 0.1) is 11.8 Å². The minimum absolute atomic E-state index is 0.0313. The molecule has 1 heterocycles. The summed E-state index contributed by atoms with van der Waals surface area (Å²) in [6, 6.07) is 11.4. The van der Waals surface area contributed by atoms with Crippen LogP contribution in [0.4, 0.5) is 0 Å². The van der Waals surface area contributed by atoms with E-state index in [2.05, 4.69) is 0 Å². The Morgan fingerprint density at radius 3 is 2.71 bits per heavy atom. The summed E-state index contributed by atoms with van der Waals surface area (Å²) in [5.74, 6) is -0.658. The zero-order chi connectivity index (χ0) is 14.8. The van der Waals surface area contributed by atoms with E-state index in [1.165, 1.54) is 18.4 Å². The number of phenolic OH excluding ortho intramolecular Hbond substituents is 1. The standard InChI is InChI=1S/C16H12O5/c17-12-5-1-2-6-13(12)20-8-10-9-21-14-7-3-4-11(15(10)14)16(18)19/h1-7,9,17H,8H2,(H,18,19). The van der Waals surface area contributed by atoms with Crippen molar-refractivity contribution in [1.29, 1.82) is 0 Å². The number of hydrogen-bond donors (Lipinski definition) is 2. The van der Waals surface area contributed by atoms with Crippen molar-refractivity contribution < 1.29 is 24.2 Å². The van der Waals surface area contributed by atoms with Crippen LogP contribution >= 0.6 is 0 Å². The third-order valence-electron chi connectivity index (χ3n) is 3.15. The summed E-state index contributed by atoms with van der Waals surface area (Å²) in [7, 11) is 0. The van der Waals surface area contributed by atoms with Gasteiger partial charge in [0.2, 0.25) is 0 Å². The Hall–Kier alpha value is -2.95. The maximum absolute atomic E-state index is 11.3. The average Bonchev–Trinajstić information content (AvgIpc) is 2.89. The first kappa shape index (κ1) is 13.1. The second kappa shape index (κ2) is 5.20. The number of rotatable bonds is 4. The fourth-order valence-electron chi connectivity index (χ4n) is 2.17. The molecule has 5 heteroatoms. The van der Waals surface area contributed by atoms with Gasteiger partial charge >= 0.3 is 5.97 Å². The number of fused-ring (bicyclic) bond motifs is 1. The van der Waals surface area contributed by atoms with E-state index in [-0.39, 0.29) is 17.9 Å². The molecule has 2 N–H and O–H groups in total. The summed E-state index contributed by atoms with van der Waals surface area (Å²) >= 11 is 0. The molecule has 0 amide bonds. The Bertz CT molecular complexity index is 803. The van der Waals surface area contributed by atoms with Crippen LogP contribution < -0.4 is 4.74 Å². The molecule has 0 fully saturated rings. The van der Waals surface area contributed by atoms with Gasteiger partial charge in [-0.15, -0.1) is 0 Å². The lowest BCUT2D eigenvalue weighted by Crippen LogP contribution is -2.00. The van der Waals surface area contributed by atoms with Crippen LogP contribution in [0.2, 0.25) is 0 Å². The van der Waals surface area contributed by atoms with Gasteiger partial charge < -0.3 is 19.4 Å². The van der Waals surface area contributed by atoms with Gasteiger partial charge in [0.1, 0.15) is 12.2 Å². The summed E-state index contributed by atoms with van der Waals surface area (Å²) in [5, 5.41) is 19.4.